The molecule has 2 aromatic rings. The largest absolute Gasteiger partial charge is 0.481 e. The number of carbonyl (C=O) groups excluding carboxylic acids is 2. The van der Waals surface area contributed by atoms with Crippen molar-refractivity contribution in [1.29, 1.82) is 0 Å². The lowest BCUT2D eigenvalue weighted by molar-refractivity contribution is -0.142. The molecule has 1 atom stereocenters. The molecule has 0 bridgehead atoms. The number of aliphatic hydroxyl groups is 1. The zero-order valence-corrected chi connectivity index (χ0v) is 13.9. The Kier molecular flexibility index (Phi) is 5.04. The predicted octanol–water partition coefficient (Wildman–Crippen LogP) is 1.99. The number of hydrogen-bond donors (Lipinski definition) is 2. The summed E-state index contributed by atoms with van der Waals surface area (Å²) in [5, 5.41) is 14.0. The number of β-amino-alcohol motifs (C(OH)–C–C–N with tert-alkyl or cyclic N) is 1. The Bertz CT molecular complexity index is 792. The average molecular weight is 344 g/mol. The lowest BCUT2D eigenvalue weighted by Gasteiger charge is -2.18. The van der Waals surface area contributed by atoms with Gasteiger partial charge < -0.3 is 24.8 Å². The van der Waals surface area contributed by atoms with Gasteiger partial charge in [-0.3, -0.25) is 0 Å². The van der Waals surface area contributed by atoms with E-state index in [1.807, 2.05) is 24.3 Å². The van der Waals surface area contributed by atoms with Crippen molar-refractivity contribution in [2.45, 2.75) is 12.5 Å². The number of esters is 1. The fraction of sp³-hybridized carbons (Fsp3) is 0.333. The number of anilines is 1. The zero-order chi connectivity index (χ0) is 17.8. The van der Waals surface area contributed by atoms with Crippen molar-refractivity contribution in [1.82, 2.24) is 4.90 Å². The van der Waals surface area contributed by atoms with Gasteiger partial charge in [-0.15, -0.1) is 0 Å². The molecule has 3 rings (SSSR count). The number of likely N-dealkylation sites (tertiary alicyclic amines) is 1. The average Bonchev–Trinajstić information content (AvgIpc) is 3.07. The third-order valence-corrected chi connectivity index (χ3v) is 4.15. The number of amides is 2. The minimum atomic E-state index is -0.464. The zero-order valence-electron chi connectivity index (χ0n) is 13.9. The van der Waals surface area contributed by atoms with Crippen molar-refractivity contribution < 1.29 is 24.2 Å². The summed E-state index contributed by atoms with van der Waals surface area (Å²) in [5.74, 6) is 0.0737. The van der Waals surface area contributed by atoms with Crippen molar-refractivity contribution in [3.05, 3.63) is 36.4 Å². The maximum atomic E-state index is 12.4. The number of carbonyl (C=O) groups is 2. The summed E-state index contributed by atoms with van der Waals surface area (Å²) in [6.45, 7) is 0.688. The lowest BCUT2D eigenvalue weighted by Crippen LogP contribution is -2.33. The van der Waals surface area contributed by atoms with Gasteiger partial charge in [-0.1, -0.05) is 24.3 Å². The molecule has 7 heteroatoms. The second-order valence-corrected chi connectivity index (χ2v) is 5.84. The van der Waals surface area contributed by atoms with Gasteiger partial charge in [0.2, 0.25) is 0 Å². The molecule has 2 aromatic carbocycles. The number of methoxy groups -OCH3 is 1. The number of hydrogen-bond acceptors (Lipinski definition) is 5. The topological polar surface area (TPSA) is 88.1 Å². The smallest absolute Gasteiger partial charge is 0.343 e. The summed E-state index contributed by atoms with van der Waals surface area (Å²) >= 11 is 0. The Morgan fingerprint density at radius 3 is 2.68 bits per heavy atom. The molecule has 7 nitrogen and oxygen atoms in total. The van der Waals surface area contributed by atoms with Gasteiger partial charge in [0, 0.05) is 23.9 Å². The number of aliphatic hydroxyl groups excluding tert-OH is 1. The van der Waals surface area contributed by atoms with E-state index in [0.717, 1.165) is 10.8 Å². The highest BCUT2D eigenvalue weighted by Crippen LogP contribution is 2.32. The van der Waals surface area contributed by atoms with Crippen LogP contribution in [0.2, 0.25) is 0 Å². The summed E-state index contributed by atoms with van der Waals surface area (Å²) in [7, 11) is 1.30. The molecule has 1 unspecified atom stereocenters. The van der Waals surface area contributed by atoms with Crippen LogP contribution in [0.15, 0.2) is 36.4 Å². The van der Waals surface area contributed by atoms with Crippen molar-refractivity contribution in [2.24, 2.45) is 0 Å². The molecule has 132 valence electrons. The highest BCUT2D eigenvalue weighted by atomic mass is 16.6. The van der Waals surface area contributed by atoms with Crippen LogP contribution in [0.3, 0.4) is 0 Å². The first kappa shape index (κ1) is 17.0. The summed E-state index contributed by atoms with van der Waals surface area (Å²) in [4.78, 5) is 25.2. The molecule has 0 aliphatic carbocycles. The number of nitrogens with zero attached hydrogens (tertiary/aromatic N) is 1. The third-order valence-electron chi connectivity index (χ3n) is 4.15. The molecule has 1 heterocycles. The molecule has 1 aliphatic rings. The van der Waals surface area contributed by atoms with Crippen molar-refractivity contribution in [3.63, 3.8) is 0 Å². The van der Waals surface area contributed by atoms with Crippen LogP contribution in [0.5, 0.6) is 5.75 Å². The van der Waals surface area contributed by atoms with E-state index in [-0.39, 0.29) is 12.6 Å². The van der Waals surface area contributed by atoms with Crippen molar-refractivity contribution >= 4 is 28.5 Å². The first-order valence-corrected chi connectivity index (χ1v) is 8.04. The quantitative estimate of drug-likeness (QED) is 0.828. The van der Waals surface area contributed by atoms with E-state index < -0.39 is 12.1 Å². The van der Waals surface area contributed by atoms with Gasteiger partial charge in [-0.2, -0.15) is 0 Å². The molecule has 0 aromatic heterocycles. The second kappa shape index (κ2) is 7.40. The van der Waals surface area contributed by atoms with E-state index in [1.165, 1.54) is 7.11 Å². The van der Waals surface area contributed by atoms with Crippen molar-refractivity contribution in [3.8, 4) is 5.75 Å². The summed E-state index contributed by atoms with van der Waals surface area (Å²) in [6.07, 6.45) is 0.130. The minimum Gasteiger partial charge on any atom is -0.481 e. The van der Waals surface area contributed by atoms with Crippen LogP contribution in [0.4, 0.5) is 10.5 Å². The molecule has 2 N–H and O–H groups in total. The molecular weight excluding hydrogens is 324 g/mol. The Morgan fingerprint density at radius 2 is 2.00 bits per heavy atom. The molecule has 1 saturated heterocycles. The fourth-order valence-electron chi connectivity index (χ4n) is 2.82. The van der Waals surface area contributed by atoms with Gasteiger partial charge in [0.25, 0.3) is 0 Å². The maximum absolute atomic E-state index is 12.4. The molecule has 1 aliphatic heterocycles. The first-order chi connectivity index (χ1) is 12.1. The van der Waals surface area contributed by atoms with Crippen LogP contribution in [0.25, 0.3) is 10.8 Å². The highest BCUT2D eigenvalue weighted by Gasteiger charge is 2.24. The van der Waals surface area contributed by atoms with Crippen LogP contribution >= 0.6 is 0 Å². The van der Waals surface area contributed by atoms with E-state index in [9.17, 15) is 14.7 Å². The van der Waals surface area contributed by atoms with Gasteiger partial charge in [-0.05, 0) is 18.6 Å². The van der Waals surface area contributed by atoms with Crippen LogP contribution < -0.4 is 10.1 Å². The van der Waals surface area contributed by atoms with Crippen LogP contribution in [-0.4, -0.2) is 54.9 Å². The Balaban J connectivity index is 1.82. The maximum Gasteiger partial charge on any atom is 0.343 e. The number of nitrogens with one attached hydrogen (secondary N) is 1. The summed E-state index contributed by atoms with van der Waals surface area (Å²) in [5.41, 5.74) is 0.646. The van der Waals surface area contributed by atoms with Crippen LogP contribution in [-0.2, 0) is 9.53 Å². The number of rotatable bonds is 4. The number of benzene rings is 2. The fourth-order valence-corrected chi connectivity index (χ4v) is 2.82. The third kappa shape index (κ3) is 3.83. The second-order valence-electron chi connectivity index (χ2n) is 5.84. The van der Waals surface area contributed by atoms with Gasteiger partial charge in [0.05, 0.1) is 18.9 Å². The van der Waals surface area contributed by atoms with Crippen LogP contribution in [0, 0.1) is 0 Å². The molecule has 2 amide bonds. The van der Waals surface area contributed by atoms with Gasteiger partial charge in [0.1, 0.15) is 5.75 Å². The first-order valence-electron chi connectivity index (χ1n) is 8.04. The van der Waals surface area contributed by atoms with E-state index in [0.29, 0.717) is 30.9 Å². The molecular formula is C18H20N2O5. The SMILES string of the molecule is COC(=O)COc1ccc(NC(=O)N2CCC(O)C2)c2ccccc12. The standard InChI is InChI=1S/C18H20N2O5/c1-24-17(22)11-25-16-7-6-15(13-4-2-3-5-14(13)16)19-18(23)20-9-8-12(21)10-20/h2-7,12,21H,8-11H2,1H3,(H,19,23). The van der Waals surface area contributed by atoms with Crippen molar-refractivity contribution in [2.75, 3.05) is 32.1 Å². The van der Waals surface area contributed by atoms with Gasteiger partial charge in [0.15, 0.2) is 6.61 Å². The number of fused-ring (bicyclic) bond motifs is 1. The lowest BCUT2D eigenvalue weighted by atomic mass is 10.1. The molecule has 0 radical (unpaired) electrons. The Hall–Kier alpha value is -2.80. The van der Waals surface area contributed by atoms with Gasteiger partial charge >= 0.3 is 12.0 Å². The summed E-state index contributed by atoms with van der Waals surface area (Å²) < 4.78 is 10.1. The van der Waals surface area contributed by atoms with E-state index >= 15 is 0 Å². The molecule has 0 spiro atoms. The van der Waals surface area contributed by atoms with E-state index in [4.69, 9.17) is 4.74 Å². The predicted molar refractivity (Wildman–Crippen MR) is 92.7 cm³/mol. The summed E-state index contributed by atoms with van der Waals surface area (Å²) in [6, 6.07) is 10.6. The number of urea groups is 1. The highest BCUT2D eigenvalue weighted by molar-refractivity contribution is 6.04. The molecule has 25 heavy (non-hydrogen) atoms. The Labute approximate surface area is 145 Å². The van der Waals surface area contributed by atoms with Crippen LogP contribution in [0.1, 0.15) is 6.42 Å². The van der Waals surface area contributed by atoms with E-state index in [1.54, 1.807) is 17.0 Å². The monoisotopic (exact) mass is 344 g/mol. The Morgan fingerprint density at radius 1 is 1.24 bits per heavy atom. The number of ether oxygens (including phenoxy) is 2. The minimum absolute atomic E-state index is 0.183. The van der Waals surface area contributed by atoms with E-state index in [2.05, 4.69) is 10.1 Å². The molecule has 0 saturated carbocycles. The van der Waals surface area contributed by atoms with Gasteiger partial charge in [-0.25, -0.2) is 9.59 Å². The molecule has 1 fully saturated rings. The normalized spacial score (nSPS) is 16.7.